The fraction of sp³-hybridized carbons (Fsp3) is 0.200. The molecule has 2 aliphatic heterocycles. The van der Waals surface area contributed by atoms with Crippen LogP contribution in [0.25, 0.3) is 5.70 Å². The van der Waals surface area contributed by atoms with Crippen molar-refractivity contribution in [3.63, 3.8) is 0 Å². The standard InChI is InChI=1S/C15H17N3O/c1-9-14-10(2)19-7-6-17-15(14)12-8-11(16)4-5-13(12)18(9)3/h4-5,8,17H,1-2,6-7,16H2,3H3. The molecular formula is C15H17N3O. The maximum Gasteiger partial charge on any atom is 0.123 e. The molecule has 0 spiro atoms. The van der Waals surface area contributed by atoms with E-state index in [0.29, 0.717) is 12.4 Å². The van der Waals surface area contributed by atoms with Crippen molar-refractivity contribution >= 4 is 17.1 Å². The van der Waals surface area contributed by atoms with E-state index in [1.54, 1.807) is 0 Å². The molecule has 2 aliphatic rings. The lowest BCUT2D eigenvalue weighted by molar-refractivity contribution is 0.232. The Morgan fingerprint density at radius 2 is 2.16 bits per heavy atom. The lowest BCUT2D eigenvalue weighted by Crippen LogP contribution is -2.27. The molecule has 0 bridgehead atoms. The van der Waals surface area contributed by atoms with Crippen LogP contribution >= 0.6 is 0 Å². The average molecular weight is 255 g/mol. The molecule has 0 amide bonds. The van der Waals surface area contributed by atoms with Gasteiger partial charge in [-0.1, -0.05) is 13.2 Å². The second kappa shape index (κ2) is 4.09. The van der Waals surface area contributed by atoms with Gasteiger partial charge in [-0.15, -0.1) is 0 Å². The van der Waals surface area contributed by atoms with Crippen molar-refractivity contribution in [1.29, 1.82) is 0 Å². The molecule has 2 heterocycles. The third-order valence-corrected chi connectivity index (χ3v) is 3.55. The Kier molecular flexibility index (Phi) is 2.52. The van der Waals surface area contributed by atoms with E-state index in [0.717, 1.165) is 40.5 Å². The Morgan fingerprint density at radius 1 is 1.37 bits per heavy atom. The summed E-state index contributed by atoms with van der Waals surface area (Å²) in [5.41, 5.74) is 11.6. The van der Waals surface area contributed by atoms with Crippen molar-refractivity contribution in [3.05, 3.63) is 53.9 Å². The SMILES string of the molecule is C=C1OCCNC2=C1C(=C)N(C)c1ccc(N)cc12. The maximum atomic E-state index is 5.91. The molecule has 0 fully saturated rings. The summed E-state index contributed by atoms with van der Waals surface area (Å²) in [6, 6.07) is 5.88. The van der Waals surface area contributed by atoms with Crippen molar-refractivity contribution in [3.8, 4) is 0 Å². The molecule has 1 aromatic carbocycles. The maximum absolute atomic E-state index is 5.91. The van der Waals surface area contributed by atoms with Gasteiger partial charge in [-0.05, 0) is 18.2 Å². The van der Waals surface area contributed by atoms with Crippen LogP contribution in [0.5, 0.6) is 0 Å². The minimum atomic E-state index is 0.598. The third-order valence-electron chi connectivity index (χ3n) is 3.55. The average Bonchev–Trinajstić information content (AvgIpc) is 2.58. The second-order valence-corrected chi connectivity index (χ2v) is 4.73. The van der Waals surface area contributed by atoms with Gasteiger partial charge in [-0.2, -0.15) is 0 Å². The summed E-state index contributed by atoms with van der Waals surface area (Å²) in [6.07, 6.45) is 0. The number of anilines is 2. The molecule has 3 N–H and O–H groups in total. The summed E-state index contributed by atoms with van der Waals surface area (Å²) in [4.78, 5) is 2.04. The van der Waals surface area contributed by atoms with Crippen LogP contribution in [0.4, 0.5) is 11.4 Å². The molecule has 3 rings (SSSR count). The molecule has 19 heavy (non-hydrogen) atoms. The van der Waals surface area contributed by atoms with Crippen LogP contribution in [0.1, 0.15) is 5.56 Å². The normalized spacial score (nSPS) is 18.3. The second-order valence-electron chi connectivity index (χ2n) is 4.73. The van der Waals surface area contributed by atoms with E-state index in [-0.39, 0.29) is 0 Å². The lowest BCUT2D eigenvalue weighted by Gasteiger charge is -2.33. The molecule has 0 aromatic heterocycles. The van der Waals surface area contributed by atoms with Crippen molar-refractivity contribution < 1.29 is 4.74 Å². The number of nitrogen functional groups attached to an aromatic ring is 1. The summed E-state index contributed by atoms with van der Waals surface area (Å²) in [5.74, 6) is 0.657. The highest BCUT2D eigenvalue weighted by atomic mass is 16.5. The summed E-state index contributed by atoms with van der Waals surface area (Å²) >= 11 is 0. The molecule has 1 aromatic rings. The number of rotatable bonds is 0. The molecular weight excluding hydrogens is 238 g/mol. The Bertz CT molecular complexity index is 616. The Labute approximate surface area is 112 Å². The van der Waals surface area contributed by atoms with Crippen LogP contribution in [0.3, 0.4) is 0 Å². The zero-order valence-corrected chi connectivity index (χ0v) is 11.0. The topological polar surface area (TPSA) is 50.5 Å². The number of nitrogens with two attached hydrogens (primary N) is 1. The van der Waals surface area contributed by atoms with Gasteiger partial charge in [-0.25, -0.2) is 0 Å². The zero-order chi connectivity index (χ0) is 13.6. The molecule has 98 valence electrons. The highest BCUT2D eigenvalue weighted by Crippen LogP contribution is 2.41. The molecule has 0 atom stereocenters. The molecule has 4 nitrogen and oxygen atoms in total. The van der Waals surface area contributed by atoms with Crippen molar-refractivity contribution in [2.45, 2.75) is 0 Å². The smallest absolute Gasteiger partial charge is 0.123 e. The lowest BCUT2D eigenvalue weighted by atomic mass is 9.95. The summed E-state index contributed by atoms with van der Waals surface area (Å²) in [6.45, 7) is 9.49. The number of nitrogens with one attached hydrogen (secondary N) is 1. The third kappa shape index (κ3) is 1.68. The van der Waals surface area contributed by atoms with Gasteiger partial charge >= 0.3 is 0 Å². The van der Waals surface area contributed by atoms with Crippen LogP contribution in [0.2, 0.25) is 0 Å². The molecule has 0 saturated heterocycles. The van der Waals surface area contributed by atoms with E-state index in [1.807, 2.05) is 30.1 Å². The van der Waals surface area contributed by atoms with Crippen molar-refractivity contribution in [1.82, 2.24) is 5.32 Å². The van der Waals surface area contributed by atoms with Crippen LogP contribution in [0.15, 0.2) is 48.4 Å². The number of benzene rings is 1. The minimum absolute atomic E-state index is 0.598. The van der Waals surface area contributed by atoms with Crippen LogP contribution in [-0.2, 0) is 4.74 Å². The first-order valence-corrected chi connectivity index (χ1v) is 6.22. The highest BCUT2D eigenvalue weighted by Gasteiger charge is 2.29. The summed E-state index contributed by atoms with van der Waals surface area (Å²) in [7, 11) is 1.99. The predicted octanol–water partition coefficient (Wildman–Crippen LogP) is 2.08. The monoisotopic (exact) mass is 255 g/mol. The first kappa shape index (κ1) is 11.7. The van der Waals surface area contributed by atoms with Gasteiger partial charge in [-0.3, -0.25) is 0 Å². The van der Waals surface area contributed by atoms with Gasteiger partial charge < -0.3 is 20.7 Å². The van der Waals surface area contributed by atoms with Crippen molar-refractivity contribution in [2.75, 3.05) is 30.8 Å². The number of likely N-dealkylation sites (N-methyl/N-ethyl adjacent to an activating group) is 1. The Balaban J connectivity index is 2.28. The van der Waals surface area contributed by atoms with E-state index >= 15 is 0 Å². The largest absolute Gasteiger partial charge is 0.492 e. The van der Waals surface area contributed by atoms with Gasteiger partial charge in [0.2, 0.25) is 0 Å². The fourth-order valence-corrected chi connectivity index (χ4v) is 2.54. The van der Waals surface area contributed by atoms with Crippen LogP contribution in [-0.4, -0.2) is 20.2 Å². The predicted molar refractivity (Wildman–Crippen MR) is 78.4 cm³/mol. The van der Waals surface area contributed by atoms with Gasteiger partial charge in [0.05, 0.1) is 17.0 Å². The molecule has 4 heteroatoms. The van der Waals surface area contributed by atoms with Gasteiger partial charge in [0, 0.05) is 30.5 Å². The van der Waals surface area contributed by atoms with Crippen LogP contribution in [0, 0.1) is 0 Å². The number of nitrogens with zero attached hydrogens (tertiary/aromatic N) is 1. The highest BCUT2D eigenvalue weighted by molar-refractivity contribution is 5.89. The minimum Gasteiger partial charge on any atom is -0.492 e. The summed E-state index contributed by atoms with van der Waals surface area (Å²) < 4.78 is 5.60. The number of fused-ring (bicyclic) bond motifs is 2. The molecule has 0 radical (unpaired) electrons. The molecule has 0 aliphatic carbocycles. The Hall–Kier alpha value is -2.36. The van der Waals surface area contributed by atoms with Crippen LogP contribution < -0.4 is 16.0 Å². The molecule has 0 saturated carbocycles. The zero-order valence-electron chi connectivity index (χ0n) is 11.0. The van der Waals surface area contributed by atoms with Gasteiger partial charge in [0.25, 0.3) is 0 Å². The van der Waals surface area contributed by atoms with E-state index < -0.39 is 0 Å². The number of ether oxygens (including phenoxy) is 1. The fourth-order valence-electron chi connectivity index (χ4n) is 2.54. The molecule has 0 unspecified atom stereocenters. The van der Waals surface area contributed by atoms with E-state index in [2.05, 4.69) is 18.5 Å². The number of hydrogen-bond donors (Lipinski definition) is 2. The number of hydrogen-bond acceptors (Lipinski definition) is 4. The van der Waals surface area contributed by atoms with E-state index in [4.69, 9.17) is 10.5 Å². The first-order valence-electron chi connectivity index (χ1n) is 6.22. The van der Waals surface area contributed by atoms with E-state index in [1.165, 1.54) is 0 Å². The quantitative estimate of drug-likeness (QED) is 0.697. The van der Waals surface area contributed by atoms with E-state index in [9.17, 15) is 0 Å². The first-order chi connectivity index (χ1) is 9.09. The van der Waals surface area contributed by atoms with Crippen molar-refractivity contribution in [2.24, 2.45) is 0 Å². The Morgan fingerprint density at radius 3 is 2.95 bits per heavy atom. The summed E-state index contributed by atoms with van der Waals surface area (Å²) in [5, 5.41) is 3.40. The van der Waals surface area contributed by atoms with Gasteiger partial charge in [0.1, 0.15) is 12.4 Å². The van der Waals surface area contributed by atoms with Gasteiger partial charge in [0.15, 0.2) is 0 Å².